The van der Waals surface area contributed by atoms with Crippen molar-refractivity contribution in [3.05, 3.63) is 10.1 Å². The Labute approximate surface area is 250 Å². The number of nitrogens with two attached hydrogens (primary N) is 1. The quantitative estimate of drug-likeness (QED) is 0.0731. The van der Waals surface area contributed by atoms with Crippen molar-refractivity contribution in [3.63, 3.8) is 0 Å². The maximum atomic E-state index is 13.9. The highest BCUT2D eigenvalue weighted by Crippen LogP contribution is 2.65. The van der Waals surface area contributed by atoms with E-state index >= 15 is 0 Å². The summed E-state index contributed by atoms with van der Waals surface area (Å²) in [5.41, 5.74) is 7.22. The summed E-state index contributed by atoms with van der Waals surface area (Å²) in [7, 11) is 1.48. The Kier molecular flexibility index (Phi) is 10.2. The number of guanidine groups is 1. The summed E-state index contributed by atoms with van der Waals surface area (Å²) in [6.07, 6.45) is 5.66. The molecule has 5 aliphatic rings. The van der Waals surface area contributed by atoms with Crippen LogP contribution in [-0.4, -0.2) is 79.0 Å². The fraction of sp³-hybridized carbons (Fsp3) is 0.897. The van der Waals surface area contributed by atoms with E-state index in [1.807, 2.05) is 12.5 Å². The second kappa shape index (κ2) is 13.2. The van der Waals surface area contributed by atoms with Crippen LogP contribution >= 0.6 is 0 Å². The van der Waals surface area contributed by atoms with E-state index in [1.165, 1.54) is 0 Å². The maximum absolute atomic E-state index is 13.9. The van der Waals surface area contributed by atoms with Gasteiger partial charge in [-0.15, -0.1) is 0 Å². The highest BCUT2D eigenvalue weighted by atomic mass is 16.7. The van der Waals surface area contributed by atoms with Gasteiger partial charge in [-0.3, -0.25) is 9.59 Å². The molecule has 0 aromatic carbocycles. The molecule has 12 nitrogen and oxygen atoms in total. The topological polar surface area (TPSA) is 161 Å². The zero-order valence-electron chi connectivity index (χ0n) is 26.3. The number of nitrogens with zero attached hydrogens (tertiary/aromatic N) is 3. The van der Waals surface area contributed by atoms with E-state index in [-0.39, 0.29) is 59.6 Å². The lowest BCUT2D eigenvalue weighted by atomic mass is 9.43. The second-order valence-electron chi connectivity index (χ2n) is 14.3. The third kappa shape index (κ3) is 7.27. The number of nitrogens with one attached hydrogen (secondary N) is 2. The van der Waals surface area contributed by atoms with Crippen LogP contribution in [0.4, 0.5) is 0 Å². The van der Waals surface area contributed by atoms with Crippen LogP contribution in [0, 0.1) is 45.1 Å². The maximum Gasteiger partial charge on any atom is 0.481 e. The van der Waals surface area contributed by atoms with Crippen LogP contribution in [0.5, 0.6) is 0 Å². The predicted molar refractivity (Wildman–Crippen MR) is 161 cm³/mol. The van der Waals surface area contributed by atoms with Crippen molar-refractivity contribution in [1.82, 2.24) is 15.6 Å². The molecule has 2 heterocycles. The molecular weight excluding hydrogens is 539 g/mol. The first-order valence-electron chi connectivity index (χ1n) is 15.8. The summed E-state index contributed by atoms with van der Waals surface area (Å²) in [5.74, 6) is 0.0194. The van der Waals surface area contributed by atoms with Gasteiger partial charge in [0.05, 0.1) is 17.6 Å². The molecule has 2 bridgehead atoms. The fourth-order valence-electron chi connectivity index (χ4n) is 7.95. The third-order valence-corrected chi connectivity index (χ3v) is 10.4. The SMILES string of the molecule is CC(C)C[C@H](NC(=O)[C@H](CCCN=C(N)N[N+](=O)[O-])CC(=O)C1CCCN(C)C1)B1O[C@@H]2C[C@H]3C[C@H](C3(C)C)[C@]2(C)O1. The van der Waals surface area contributed by atoms with E-state index in [9.17, 15) is 19.7 Å². The fourth-order valence-corrected chi connectivity index (χ4v) is 7.95. The number of ketones is 1. The normalized spacial score (nSPS) is 32.1. The molecule has 13 heteroatoms. The van der Waals surface area contributed by atoms with Gasteiger partial charge in [0.1, 0.15) is 5.78 Å². The lowest BCUT2D eigenvalue weighted by Gasteiger charge is -2.64. The number of amides is 1. The highest BCUT2D eigenvalue weighted by molar-refractivity contribution is 6.47. The average molecular weight is 591 g/mol. The minimum atomic E-state index is -0.766. The zero-order valence-corrected chi connectivity index (χ0v) is 26.3. The molecule has 5 fully saturated rings. The Morgan fingerprint density at radius 1 is 1.26 bits per heavy atom. The minimum Gasteiger partial charge on any atom is -0.404 e. The minimum absolute atomic E-state index is 0.0163. The summed E-state index contributed by atoms with van der Waals surface area (Å²) >= 11 is 0. The number of rotatable bonds is 13. The van der Waals surface area contributed by atoms with Crippen LogP contribution in [-0.2, 0) is 18.9 Å². The molecule has 0 aromatic rings. The molecule has 3 saturated carbocycles. The molecule has 0 radical (unpaired) electrons. The molecule has 7 atom stereocenters. The monoisotopic (exact) mass is 590 g/mol. The number of hydrogen-bond acceptors (Lipinski definition) is 8. The van der Waals surface area contributed by atoms with Crippen molar-refractivity contribution >= 4 is 24.8 Å². The van der Waals surface area contributed by atoms with Crippen LogP contribution < -0.4 is 16.5 Å². The highest BCUT2D eigenvalue weighted by Gasteiger charge is 2.68. The van der Waals surface area contributed by atoms with Crippen molar-refractivity contribution in [2.75, 3.05) is 26.7 Å². The van der Waals surface area contributed by atoms with Crippen molar-refractivity contribution in [2.45, 2.75) is 104 Å². The predicted octanol–water partition coefficient (Wildman–Crippen LogP) is 2.58. The molecular formula is C29H51BN6O6. The van der Waals surface area contributed by atoms with E-state index in [1.54, 1.807) is 0 Å². The van der Waals surface area contributed by atoms with Gasteiger partial charge in [-0.25, -0.2) is 15.1 Å². The molecule has 1 unspecified atom stereocenters. The third-order valence-electron chi connectivity index (χ3n) is 10.4. The van der Waals surface area contributed by atoms with Crippen LogP contribution in [0.1, 0.15) is 86.0 Å². The van der Waals surface area contributed by atoms with Crippen molar-refractivity contribution in [3.8, 4) is 0 Å². The van der Waals surface area contributed by atoms with Gasteiger partial charge in [0.15, 0.2) is 5.03 Å². The van der Waals surface area contributed by atoms with Gasteiger partial charge in [0.2, 0.25) is 5.91 Å². The number of hydrazine groups is 1. The molecule has 3 aliphatic carbocycles. The van der Waals surface area contributed by atoms with Gasteiger partial charge in [-0.2, -0.15) is 0 Å². The number of Topliss-reactive ketones (excluding diaryl/α,β-unsaturated/α-hetero) is 1. The van der Waals surface area contributed by atoms with Gasteiger partial charge >= 0.3 is 7.12 Å². The lowest BCUT2D eigenvalue weighted by Crippen LogP contribution is -2.65. The van der Waals surface area contributed by atoms with Crippen molar-refractivity contribution < 1.29 is 23.9 Å². The molecule has 2 aliphatic heterocycles. The van der Waals surface area contributed by atoms with E-state index < -0.39 is 18.1 Å². The second-order valence-corrected chi connectivity index (χ2v) is 14.3. The summed E-state index contributed by atoms with van der Waals surface area (Å²) < 4.78 is 13.3. The Balaban J connectivity index is 1.44. The Morgan fingerprint density at radius 2 is 2.00 bits per heavy atom. The summed E-state index contributed by atoms with van der Waals surface area (Å²) in [6.45, 7) is 13.0. The van der Waals surface area contributed by atoms with E-state index in [4.69, 9.17) is 15.0 Å². The standard InChI is InChI=1S/C29H51BN6O6/c1-18(2)13-25(30-41-24-16-21-15-23(28(21,3)4)29(24,5)42-30)33-26(38)19(9-7-11-32-27(31)34-36(39)40)14-22(37)20-10-8-12-35(6)17-20/h18-21,23-25H,7-17H2,1-6H3,(H,33,38)(H3,31,32,34)/t19-,20?,21-,23-,24-,25+,29+/m1/s1. The molecule has 4 N–H and O–H groups in total. The number of hydrogen-bond donors (Lipinski definition) is 3. The van der Waals surface area contributed by atoms with Gasteiger partial charge < -0.3 is 25.3 Å². The van der Waals surface area contributed by atoms with Crippen molar-refractivity contribution in [1.29, 1.82) is 0 Å². The molecule has 0 spiro atoms. The summed E-state index contributed by atoms with van der Waals surface area (Å²) in [4.78, 5) is 44.0. The van der Waals surface area contributed by atoms with E-state index in [0.29, 0.717) is 43.6 Å². The Hall–Kier alpha value is -2.25. The first-order chi connectivity index (χ1) is 19.7. The van der Waals surface area contributed by atoms with Gasteiger partial charge in [-0.05, 0) is 88.6 Å². The number of carbonyl (C=O) groups excluding carboxylic acids is 2. The summed E-state index contributed by atoms with van der Waals surface area (Å²) in [6, 6.07) is 0. The van der Waals surface area contributed by atoms with Crippen molar-refractivity contribution in [2.24, 2.45) is 45.7 Å². The van der Waals surface area contributed by atoms with E-state index in [0.717, 1.165) is 32.2 Å². The van der Waals surface area contributed by atoms with Gasteiger partial charge in [-0.1, -0.05) is 33.1 Å². The number of carbonyl (C=O) groups is 2. The van der Waals surface area contributed by atoms with E-state index in [2.05, 4.69) is 49.8 Å². The van der Waals surface area contributed by atoms with Gasteiger partial charge in [0, 0.05) is 31.3 Å². The molecule has 1 amide bonds. The number of nitro groups is 1. The smallest absolute Gasteiger partial charge is 0.404 e. The average Bonchev–Trinajstić information content (AvgIpc) is 3.26. The molecule has 42 heavy (non-hydrogen) atoms. The van der Waals surface area contributed by atoms with Crippen LogP contribution in [0.25, 0.3) is 0 Å². The van der Waals surface area contributed by atoms with Gasteiger partial charge in [0.25, 0.3) is 5.96 Å². The molecule has 236 valence electrons. The number of aliphatic imine (C=N–C) groups is 1. The first kappa shape index (κ1) is 32.7. The van der Waals surface area contributed by atoms with Crippen LogP contribution in [0.3, 0.4) is 0 Å². The van der Waals surface area contributed by atoms with Crippen LogP contribution in [0.15, 0.2) is 4.99 Å². The number of likely N-dealkylation sites (tertiary alicyclic amines) is 1. The Bertz CT molecular complexity index is 1040. The largest absolute Gasteiger partial charge is 0.481 e. The molecule has 0 aromatic heterocycles. The zero-order chi connectivity index (χ0) is 30.8. The van der Waals surface area contributed by atoms with Crippen LogP contribution in [0.2, 0.25) is 0 Å². The number of piperidine rings is 1. The molecule has 2 saturated heterocycles. The molecule has 5 rings (SSSR count). The lowest BCUT2D eigenvalue weighted by molar-refractivity contribution is -0.525. The Morgan fingerprint density at radius 3 is 2.64 bits per heavy atom. The summed E-state index contributed by atoms with van der Waals surface area (Å²) in [5, 5.41) is 13.1. The first-order valence-corrected chi connectivity index (χ1v) is 15.8.